The van der Waals surface area contributed by atoms with E-state index in [9.17, 15) is 13.2 Å². The van der Waals surface area contributed by atoms with Crippen molar-refractivity contribution in [2.24, 2.45) is 5.73 Å². The molecule has 0 aliphatic heterocycles. The summed E-state index contributed by atoms with van der Waals surface area (Å²) in [5.74, 6) is 0. The smallest absolute Gasteiger partial charge is 0.382 e. The SMILES string of the molecule is Cc1ccc([C@@H](N)[C@@H](O)C(F)(F)F)c(Br)c1.Cl. The van der Waals surface area contributed by atoms with Gasteiger partial charge in [0.25, 0.3) is 0 Å². The number of benzene rings is 1. The maximum Gasteiger partial charge on any atom is 0.416 e. The third-order valence-electron chi connectivity index (χ3n) is 2.19. The number of aryl methyl sites for hydroxylation is 1. The number of rotatable bonds is 2. The molecule has 0 amide bonds. The van der Waals surface area contributed by atoms with Crippen molar-refractivity contribution in [3.05, 3.63) is 33.8 Å². The van der Waals surface area contributed by atoms with E-state index in [0.29, 0.717) is 4.47 Å². The molecule has 0 saturated heterocycles. The van der Waals surface area contributed by atoms with Crippen LogP contribution in [0.2, 0.25) is 0 Å². The summed E-state index contributed by atoms with van der Waals surface area (Å²) in [7, 11) is 0. The highest BCUT2D eigenvalue weighted by molar-refractivity contribution is 9.10. The molecule has 0 aliphatic rings. The molecule has 98 valence electrons. The highest BCUT2D eigenvalue weighted by Crippen LogP contribution is 2.32. The van der Waals surface area contributed by atoms with E-state index in [1.165, 1.54) is 6.07 Å². The molecular weight excluding hydrogens is 322 g/mol. The van der Waals surface area contributed by atoms with E-state index in [1.807, 2.05) is 0 Å². The second-order valence-corrected chi connectivity index (χ2v) is 4.39. The molecule has 0 radical (unpaired) electrons. The highest BCUT2D eigenvalue weighted by Gasteiger charge is 2.43. The summed E-state index contributed by atoms with van der Waals surface area (Å²) in [6.45, 7) is 1.81. The summed E-state index contributed by atoms with van der Waals surface area (Å²) >= 11 is 3.12. The summed E-state index contributed by atoms with van der Waals surface area (Å²) in [6.07, 6.45) is -7.28. The average Bonchev–Trinajstić information content (AvgIpc) is 2.14. The number of aliphatic hydroxyl groups excluding tert-OH is 1. The number of alkyl halides is 3. The number of halogens is 5. The number of aliphatic hydroxyl groups is 1. The normalized spacial score (nSPS) is 15.0. The van der Waals surface area contributed by atoms with Gasteiger partial charge in [-0.15, -0.1) is 12.4 Å². The van der Waals surface area contributed by atoms with Gasteiger partial charge in [-0.2, -0.15) is 13.2 Å². The lowest BCUT2D eigenvalue weighted by Gasteiger charge is -2.22. The molecule has 1 rings (SSSR count). The van der Waals surface area contributed by atoms with Gasteiger partial charge in [0, 0.05) is 4.47 Å². The van der Waals surface area contributed by atoms with Crippen molar-refractivity contribution in [3.63, 3.8) is 0 Å². The molecule has 0 heterocycles. The van der Waals surface area contributed by atoms with Crippen LogP contribution in [-0.4, -0.2) is 17.4 Å². The van der Waals surface area contributed by atoms with Gasteiger partial charge in [-0.3, -0.25) is 0 Å². The summed E-state index contributed by atoms with van der Waals surface area (Å²) < 4.78 is 37.2. The van der Waals surface area contributed by atoms with Crippen LogP contribution in [0.5, 0.6) is 0 Å². The quantitative estimate of drug-likeness (QED) is 0.873. The van der Waals surface area contributed by atoms with Crippen LogP contribution in [0.4, 0.5) is 13.2 Å². The molecule has 1 aromatic carbocycles. The maximum absolute atomic E-state index is 12.3. The monoisotopic (exact) mass is 333 g/mol. The average molecular weight is 335 g/mol. The van der Waals surface area contributed by atoms with Gasteiger partial charge in [-0.05, 0) is 24.1 Å². The van der Waals surface area contributed by atoms with Crippen molar-refractivity contribution < 1.29 is 18.3 Å². The van der Waals surface area contributed by atoms with E-state index >= 15 is 0 Å². The molecular formula is C10H12BrClF3NO. The molecule has 1 aromatic rings. The Labute approximate surface area is 112 Å². The minimum atomic E-state index is -4.72. The van der Waals surface area contributed by atoms with E-state index in [1.54, 1.807) is 19.1 Å². The molecule has 0 saturated carbocycles. The number of hydrogen-bond donors (Lipinski definition) is 2. The first-order valence-electron chi connectivity index (χ1n) is 4.50. The Morgan fingerprint density at radius 2 is 1.88 bits per heavy atom. The first-order valence-corrected chi connectivity index (χ1v) is 5.29. The van der Waals surface area contributed by atoms with Crippen molar-refractivity contribution >= 4 is 28.3 Å². The van der Waals surface area contributed by atoms with Gasteiger partial charge >= 0.3 is 6.18 Å². The number of nitrogens with two attached hydrogens (primary N) is 1. The third kappa shape index (κ3) is 4.13. The minimum Gasteiger partial charge on any atom is -0.382 e. The van der Waals surface area contributed by atoms with Crippen molar-refractivity contribution in [1.29, 1.82) is 0 Å². The Balaban J connectivity index is 0.00000256. The summed E-state index contributed by atoms with van der Waals surface area (Å²) in [6, 6.07) is 3.27. The van der Waals surface area contributed by atoms with Crippen LogP contribution in [0.15, 0.2) is 22.7 Å². The van der Waals surface area contributed by atoms with Gasteiger partial charge in [0.2, 0.25) is 0 Å². The Morgan fingerprint density at radius 1 is 1.35 bits per heavy atom. The zero-order valence-corrected chi connectivity index (χ0v) is 11.2. The number of hydrogen-bond acceptors (Lipinski definition) is 2. The lowest BCUT2D eigenvalue weighted by atomic mass is 10.0. The zero-order chi connectivity index (χ0) is 12.5. The zero-order valence-electron chi connectivity index (χ0n) is 8.83. The largest absolute Gasteiger partial charge is 0.416 e. The van der Waals surface area contributed by atoms with E-state index in [-0.39, 0.29) is 18.0 Å². The van der Waals surface area contributed by atoms with Gasteiger partial charge < -0.3 is 10.8 Å². The Morgan fingerprint density at radius 3 is 2.29 bits per heavy atom. The molecule has 7 heteroatoms. The molecule has 0 spiro atoms. The van der Waals surface area contributed by atoms with Gasteiger partial charge in [0.05, 0.1) is 6.04 Å². The first-order chi connectivity index (χ1) is 7.23. The molecule has 2 nitrogen and oxygen atoms in total. The van der Waals surface area contributed by atoms with E-state index in [4.69, 9.17) is 10.8 Å². The third-order valence-corrected chi connectivity index (χ3v) is 2.88. The predicted octanol–water partition coefficient (Wildman–Crippen LogP) is 3.10. The lowest BCUT2D eigenvalue weighted by molar-refractivity contribution is -0.210. The second-order valence-electron chi connectivity index (χ2n) is 3.54. The summed E-state index contributed by atoms with van der Waals surface area (Å²) in [5, 5.41) is 9.03. The van der Waals surface area contributed by atoms with Gasteiger partial charge in [0.1, 0.15) is 0 Å². The molecule has 0 aromatic heterocycles. The molecule has 0 unspecified atom stereocenters. The van der Waals surface area contributed by atoms with E-state index < -0.39 is 18.3 Å². The fourth-order valence-corrected chi connectivity index (χ4v) is 2.03. The minimum absolute atomic E-state index is 0. The van der Waals surface area contributed by atoms with E-state index in [0.717, 1.165) is 5.56 Å². The second kappa shape index (κ2) is 6.04. The summed E-state index contributed by atoms with van der Waals surface area (Å²) in [4.78, 5) is 0. The Kier molecular flexibility index (Phi) is 5.93. The van der Waals surface area contributed by atoms with Crippen LogP contribution in [0, 0.1) is 6.92 Å². The topological polar surface area (TPSA) is 46.2 Å². The Hall–Kier alpha value is -0.300. The van der Waals surface area contributed by atoms with Crippen molar-refractivity contribution in [1.82, 2.24) is 0 Å². The van der Waals surface area contributed by atoms with Crippen molar-refractivity contribution in [2.45, 2.75) is 25.2 Å². The van der Waals surface area contributed by atoms with Gasteiger partial charge in [-0.25, -0.2) is 0 Å². The fraction of sp³-hybridized carbons (Fsp3) is 0.400. The molecule has 0 aliphatic carbocycles. The van der Waals surface area contributed by atoms with Crippen LogP contribution >= 0.6 is 28.3 Å². The molecule has 0 fully saturated rings. The van der Waals surface area contributed by atoms with Crippen LogP contribution in [0.1, 0.15) is 17.2 Å². The van der Waals surface area contributed by atoms with E-state index in [2.05, 4.69) is 15.9 Å². The standard InChI is InChI=1S/C10H11BrF3NO.ClH/c1-5-2-3-6(7(11)4-5)8(15)9(16)10(12,13)14;/h2-4,8-9,16H,15H2,1H3;1H/t8-,9-;/m1./s1. The summed E-state index contributed by atoms with van der Waals surface area (Å²) in [5.41, 5.74) is 6.50. The van der Waals surface area contributed by atoms with Gasteiger partial charge in [0.15, 0.2) is 6.10 Å². The predicted molar refractivity (Wildman–Crippen MR) is 65.1 cm³/mol. The molecule has 17 heavy (non-hydrogen) atoms. The van der Waals surface area contributed by atoms with Crippen molar-refractivity contribution in [3.8, 4) is 0 Å². The maximum atomic E-state index is 12.3. The van der Waals surface area contributed by atoms with Crippen LogP contribution in [-0.2, 0) is 0 Å². The van der Waals surface area contributed by atoms with Crippen LogP contribution in [0.3, 0.4) is 0 Å². The van der Waals surface area contributed by atoms with Crippen molar-refractivity contribution in [2.75, 3.05) is 0 Å². The molecule has 3 N–H and O–H groups in total. The van der Waals surface area contributed by atoms with Crippen LogP contribution < -0.4 is 5.73 Å². The van der Waals surface area contributed by atoms with Gasteiger partial charge in [-0.1, -0.05) is 28.1 Å². The van der Waals surface area contributed by atoms with Crippen LogP contribution in [0.25, 0.3) is 0 Å². The lowest BCUT2D eigenvalue weighted by Crippen LogP contribution is -2.39. The highest BCUT2D eigenvalue weighted by atomic mass is 79.9. The first kappa shape index (κ1) is 16.7. The fourth-order valence-electron chi connectivity index (χ4n) is 1.28. The molecule has 0 bridgehead atoms. The Bertz CT molecular complexity index is 386. The molecule has 2 atom stereocenters.